The molecular formula is C16H12BrNO3. The van der Waals surface area contributed by atoms with Crippen LogP contribution in [0.1, 0.15) is 21.5 Å². The zero-order chi connectivity index (χ0) is 15.4. The van der Waals surface area contributed by atoms with Crippen LogP contribution in [0.5, 0.6) is 0 Å². The quantitative estimate of drug-likeness (QED) is 0.353. The number of hydrogen-bond acceptors (Lipinski definition) is 3. The van der Waals surface area contributed by atoms with Crippen LogP contribution in [0, 0.1) is 17.0 Å². The molecule has 0 N–H and O–H groups in total. The zero-order valence-electron chi connectivity index (χ0n) is 11.2. The van der Waals surface area contributed by atoms with E-state index >= 15 is 0 Å². The molecule has 0 amide bonds. The van der Waals surface area contributed by atoms with Crippen LogP contribution in [0.3, 0.4) is 0 Å². The van der Waals surface area contributed by atoms with Crippen LogP contribution in [0.2, 0.25) is 0 Å². The van der Waals surface area contributed by atoms with Crippen LogP contribution in [0.25, 0.3) is 6.08 Å². The van der Waals surface area contributed by atoms with Gasteiger partial charge in [-0.05, 0) is 46.1 Å². The average Bonchev–Trinajstić information content (AvgIpc) is 2.46. The van der Waals surface area contributed by atoms with Crippen molar-refractivity contribution in [1.82, 2.24) is 0 Å². The van der Waals surface area contributed by atoms with Crippen molar-refractivity contribution in [3.8, 4) is 0 Å². The van der Waals surface area contributed by atoms with E-state index in [1.807, 2.05) is 19.1 Å². The lowest BCUT2D eigenvalue weighted by atomic mass is 10.0. The van der Waals surface area contributed by atoms with Gasteiger partial charge in [-0.25, -0.2) is 0 Å². The largest absolute Gasteiger partial charge is 0.289 e. The van der Waals surface area contributed by atoms with Gasteiger partial charge in [-0.15, -0.1) is 0 Å². The lowest BCUT2D eigenvalue weighted by Gasteiger charge is -2.00. The molecule has 0 saturated carbocycles. The first kappa shape index (κ1) is 15.1. The Labute approximate surface area is 130 Å². The van der Waals surface area contributed by atoms with Gasteiger partial charge in [-0.2, -0.15) is 0 Å². The minimum atomic E-state index is -0.468. The topological polar surface area (TPSA) is 60.2 Å². The summed E-state index contributed by atoms with van der Waals surface area (Å²) < 4.78 is 0.412. The number of nitro groups is 1. The first-order valence-electron chi connectivity index (χ1n) is 6.21. The second-order valence-corrected chi connectivity index (χ2v) is 5.33. The van der Waals surface area contributed by atoms with E-state index in [0.717, 1.165) is 5.56 Å². The van der Waals surface area contributed by atoms with E-state index < -0.39 is 4.92 Å². The Morgan fingerprint density at radius 1 is 1.24 bits per heavy atom. The molecule has 0 fully saturated rings. The molecule has 0 unspecified atom stereocenters. The molecule has 0 bridgehead atoms. The molecular weight excluding hydrogens is 334 g/mol. The van der Waals surface area contributed by atoms with Gasteiger partial charge in [0.2, 0.25) is 0 Å². The number of nitrogens with zero attached hydrogens (tertiary/aromatic N) is 1. The molecule has 0 aliphatic rings. The van der Waals surface area contributed by atoms with Crippen molar-refractivity contribution in [2.45, 2.75) is 6.92 Å². The van der Waals surface area contributed by atoms with Gasteiger partial charge >= 0.3 is 0 Å². The highest BCUT2D eigenvalue weighted by atomic mass is 79.9. The number of rotatable bonds is 4. The van der Waals surface area contributed by atoms with Gasteiger partial charge in [0.1, 0.15) is 0 Å². The lowest BCUT2D eigenvalue weighted by Crippen LogP contribution is -1.97. The normalized spacial score (nSPS) is 10.8. The summed E-state index contributed by atoms with van der Waals surface area (Å²) in [6, 6.07) is 12.0. The third-order valence-electron chi connectivity index (χ3n) is 3.00. The maximum atomic E-state index is 12.1. The van der Waals surface area contributed by atoms with E-state index in [1.165, 1.54) is 12.1 Å². The maximum absolute atomic E-state index is 12.1. The molecule has 4 nitrogen and oxygen atoms in total. The molecule has 2 rings (SSSR count). The lowest BCUT2D eigenvalue weighted by molar-refractivity contribution is -0.385. The summed E-state index contributed by atoms with van der Waals surface area (Å²) in [6.45, 7) is 1.87. The number of halogens is 1. The van der Waals surface area contributed by atoms with Crippen molar-refractivity contribution in [2.24, 2.45) is 0 Å². The highest BCUT2D eigenvalue weighted by Gasteiger charge is 2.11. The molecule has 21 heavy (non-hydrogen) atoms. The Balaban J connectivity index is 2.26. The number of hydrogen-bond donors (Lipinski definition) is 0. The maximum Gasteiger partial charge on any atom is 0.284 e. The molecule has 0 radical (unpaired) electrons. The van der Waals surface area contributed by atoms with Crippen molar-refractivity contribution < 1.29 is 9.72 Å². The highest BCUT2D eigenvalue weighted by Crippen LogP contribution is 2.26. The smallest absolute Gasteiger partial charge is 0.284 e. The zero-order valence-corrected chi connectivity index (χ0v) is 12.8. The van der Waals surface area contributed by atoms with Crippen molar-refractivity contribution in [1.29, 1.82) is 0 Å². The third-order valence-corrected chi connectivity index (χ3v) is 3.68. The van der Waals surface area contributed by atoms with Crippen LogP contribution in [-0.2, 0) is 0 Å². The summed E-state index contributed by atoms with van der Waals surface area (Å²) in [6.07, 6.45) is 3.00. The molecule has 106 valence electrons. The van der Waals surface area contributed by atoms with Gasteiger partial charge in [0.15, 0.2) is 5.78 Å². The third kappa shape index (κ3) is 3.64. The molecule has 0 saturated heterocycles. The summed E-state index contributed by atoms with van der Waals surface area (Å²) in [5, 5.41) is 10.9. The first-order valence-corrected chi connectivity index (χ1v) is 7.00. The van der Waals surface area contributed by atoms with Gasteiger partial charge in [-0.1, -0.05) is 36.4 Å². The summed E-state index contributed by atoms with van der Waals surface area (Å²) in [5.41, 5.74) is 2.10. The number of benzene rings is 2. The van der Waals surface area contributed by atoms with Crippen LogP contribution in [-0.4, -0.2) is 10.7 Å². The Bertz CT molecular complexity index is 738. The average molecular weight is 346 g/mol. The molecule has 0 aliphatic heterocycles. The van der Waals surface area contributed by atoms with Gasteiger partial charge in [0.25, 0.3) is 5.69 Å². The molecule has 0 aromatic heterocycles. The van der Waals surface area contributed by atoms with E-state index in [1.54, 1.807) is 30.3 Å². The fourth-order valence-corrected chi connectivity index (χ4v) is 2.28. The number of nitro benzene ring substituents is 1. The number of ketones is 1. The minimum Gasteiger partial charge on any atom is -0.289 e. The first-order chi connectivity index (χ1) is 9.99. The SMILES string of the molecule is Cc1ccccc1C(=O)/C=C/c1ccc(Br)c([N+](=O)[O-])c1. The monoisotopic (exact) mass is 345 g/mol. The van der Waals surface area contributed by atoms with Gasteiger partial charge in [0, 0.05) is 11.6 Å². The fourth-order valence-electron chi connectivity index (χ4n) is 1.88. The van der Waals surface area contributed by atoms with Gasteiger partial charge < -0.3 is 0 Å². The van der Waals surface area contributed by atoms with Crippen LogP contribution >= 0.6 is 15.9 Å². The van der Waals surface area contributed by atoms with Gasteiger partial charge in [-0.3, -0.25) is 14.9 Å². The Morgan fingerprint density at radius 3 is 2.62 bits per heavy atom. The highest BCUT2D eigenvalue weighted by molar-refractivity contribution is 9.10. The van der Waals surface area contributed by atoms with Crippen LogP contribution < -0.4 is 0 Å². The number of carbonyl (C=O) groups excluding carboxylic acids is 1. The van der Waals surface area contributed by atoms with E-state index in [2.05, 4.69) is 15.9 Å². The Kier molecular flexibility index (Phi) is 4.65. The second kappa shape index (κ2) is 6.45. The molecule has 2 aromatic rings. The van der Waals surface area contributed by atoms with E-state index in [4.69, 9.17) is 0 Å². The summed E-state index contributed by atoms with van der Waals surface area (Å²) >= 11 is 3.12. The van der Waals surface area contributed by atoms with Crippen molar-refractivity contribution in [2.75, 3.05) is 0 Å². The Morgan fingerprint density at radius 2 is 1.95 bits per heavy atom. The second-order valence-electron chi connectivity index (χ2n) is 4.48. The molecule has 2 aromatic carbocycles. The van der Waals surface area contributed by atoms with Crippen molar-refractivity contribution in [3.05, 3.63) is 79.8 Å². The van der Waals surface area contributed by atoms with E-state index in [-0.39, 0.29) is 11.5 Å². The summed E-state index contributed by atoms with van der Waals surface area (Å²) in [5.74, 6) is -0.126. The number of aryl methyl sites for hydroxylation is 1. The summed E-state index contributed by atoms with van der Waals surface area (Å²) in [7, 11) is 0. The van der Waals surface area contributed by atoms with Crippen LogP contribution in [0.15, 0.2) is 53.0 Å². The minimum absolute atomic E-state index is 0.0273. The van der Waals surface area contributed by atoms with E-state index in [9.17, 15) is 14.9 Å². The molecule has 0 heterocycles. The Hall–Kier alpha value is -2.27. The molecule has 5 heteroatoms. The predicted molar refractivity (Wildman–Crippen MR) is 85.3 cm³/mol. The summed E-state index contributed by atoms with van der Waals surface area (Å²) in [4.78, 5) is 22.5. The molecule has 0 aliphatic carbocycles. The fraction of sp³-hybridized carbons (Fsp3) is 0.0625. The molecule has 0 atom stereocenters. The van der Waals surface area contributed by atoms with Gasteiger partial charge in [0.05, 0.1) is 9.40 Å². The van der Waals surface area contributed by atoms with Crippen molar-refractivity contribution in [3.63, 3.8) is 0 Å². The van der Waals surface area contributed by atoms with Crippen LogP contribution in [0.4, 0.5) is 5.69 Å². The van der Waals surface area contributed by atoms with E-state index in [0.29, 0.717) is 15.6 Å². The number of allylic oxidation sites excluding steroid dienone is 1. The van der Waals surface area contributed by atoms with Crippen molar-refractivity contribution >= 4 is 33.5 Å². The predicted octanol–water partition coefficient (Wildman–Crippen LogP) is 4.56. The molecule has 0 spiro atoms. The number of carbonyl (C=O) groups is 1. The standard InChI is InChI=1S/C16H12BrNO3/c1-11-4-2-3-5-13(11)16(19)9-7-12-6-8-14(17)15(10-12)18(20)21/h2-10H,1H3/b9-7+.